The Bertz CT molecular complexity index is 680. The maximum Gasteiger partial charge on any atom is 0.193 e. The van der Waals surface area contributed by atoms with Crippen LogP contribution in [0.3, 0.4) is 0 Å². The number of likely N-dealkylation sites (tertiary alicyclic amines) is 1. The smallest absolute Gasteiger partial charge is 0.193 e. The van der Waals surface area contributed by atoms with E-state index in [1.807, 2.05) is 19.6 Å². The topological polar surface area (TPSA) is 45.5 Å². The van der Waals surface area contributed by atoms with E-state index < -0.39 is 0 Å². The van der Waals surface area contributed by atoms with Crippen LogP contribution in [-0.4, -0.2) is 46.8 Å². The lowest BCUT2D eigenvalue weighted by atomic mass is 9.93. The minimum absolute atomic E-state index is 0.440. The van der Waals surface area contributed by atoms with Crippen molar-refractivity contribution < 1.29 is 0 Å². The molecule has 1 aromatic heterocycles. The number of nitrogens with one attached hydrogen (secondary N) is 1. The van der Waals surface area contributed by atoms with E-state index in [-0.39, 0.29) is 0 Å². The zero-order chi connectivity index (χ0) is 17.6. The molecule has 3 rings (SSSR count). The van der Waals surface area contributed by atoms with E-state index in [0.717, 1.165) is 32.0 Å². The maximum absolute atomic E-state index is 4.50. The number of aromatic nitrogens is 2. The molecule has 1 aromatic carbocycles. The van der Waals surface area contributed by atoms with E-state index in [1.165, 1.54) is 10.5 Å². The van der Waals surface area contributed by atoms with E-state index >= 15 is 0 Å². The highest BCUT2D eigenvalue weighted by atomic mass is 32.2. The summed E-state index contributed by atoms with van der Waals surface area (Å²) in [7, 11) is 1.86. The van der Waals surface area contributed by atoms with Crippen LogP contribution in [0.25, 0.3) is 0 Å². The van der Waals surface area contributed by atoms with Gasteiger partial charge in [-0.05, 0) is 36.3 Å². The zero-order valence-electron chi connectivity index (χ0n) is 15.2. The highest BCUT2D eigenvalue weighted by Gasteiger charge is 2.28. The van der Waals surface area contributed by atoms with Gasteiger partial charge in [-0.15, -0.1) is 11.8 Å². The van der Waals surface area contributed by atoms with E-state index in [0.29, 0.717) is 12.0 Å². The van der Waals surface area contributed by atoms with Gasteiger partial charge in [-0.2, -0.15) is 0 Å². The molecular weight excluding hydrogens is 330 g/mol. The maximum atomic E-state index is 4.50. The number of thioether (sulfide) groups is 1. The number of guanidine groups is 1. The Morgan fingerprint density at radius 1 is 1.36 bits per heavy atom. The molecular formula is C19H27N5S. The lowest BCUT2D eigenvalue weighted by Crippen LogP contribution is -2.48. The zero-order valence-corrected chi connectivity index (χ0v) is 16.0. The number of hydrogen-bond acceptors (Lipinski definition) is 3. The molecule has 1 aliphatic rings. The Kier molecular flexibility index (Phi) is 6.02. The normalized spacial score (nSPS) is 21.4. The Morgan fingerprint density at radius 2 is 2.16 bits per heavy atom. The van der Waals surface area contributed by atoms with Gasteiger partial charge in [-0.3, -0.25) is 4.99 Å². The van der Waals surface area contributed by atoms with Gasteiger partial charge in [-0.25, -0.2) is 4.98 Å². The summed E-state index contributed by atoms with van der Waals surface area (Å²) in [6, 6.07) is 9.14. The molecule has 0 amide bonds. The summed E-state index contributed by atoms with van der Waals surface area (Å²) in [5.41, 5.74) is 1.27. The van der Waals surface area contributed by atoms with Gasteiger partial charge in [0.1, 0.15) is 0 Å². The lowest BCUT2D eigenvalue weighted by molar-refractivity contribution is 0.189. The molecule has 6 heteroatoms. The third-order valence-electron chi connectivity index (χ3n) is 4.95. The van der Waals surface area contributed by atoms with Gasteiger partial charge in [0, 0.05) is 44.0 Å². The van der Waals surface area contributed by atoms with Crippen molar-refractivity contribution in [3.05, 3.63) is 48.5 Å². The summed E-state index contributed by atoms with van der Waals surface area (Å²) in [6.45, 7) is 5.12. The van der Waals surface area contributed by atoms with E-state index in [1.54, 1.807) is 11.8 Å². The molecule has 2 heterocycles. The molecule has 2 unspecified atom stereocenters. The number of piperidine rings is 1. The van der Waals surface area contributed by atoms with Crippen molar-refractivity contribution in [1.82, 2.24) is 19.8 Å². The fraction of sp³-hybridized carbons (Fsp3) is 0.474. The van der Waals surface area contributed by atoms with Gasteiger partial charge in [0.05, 0.1) is 12.4 Å². The van der Waals surface area contributed by atoms with Crippen molar-refractivity contribution in [3.8, 4) is 0 Å². The monoisotopic (exact) mass is 357 g/mol. The number of aliphatic imine (C=N–C) groups is 1. The van der Waals surface area contributed by atoms with Crippen molar-refractivity contribution in [1.29, 1.82) is 0 Å². The summed E-state index contributed by atoms with van der Waals surface area (Å²) >= 11 is 1.77. The van der Waals surface area contributed by atoms with Crippen molar-refractivity contribution in [2.24, 2.45) is 10.9 Å². The molecule has 0 radical (unpaired) electrons. The summed E-state index contributed by atoms with van der Waals surface area (Å²) in [5, 5.41) is 3.52. The summed E-state index contributed by atoms with van der Waals surface area (Å²) in [4.78, 5) is 12.4. The minimum atomic E-state index is 0.440. The second kappa shape index (κ2) is 8.43. The van der Waals surface area contributed by atoms with Gasteiger partial charge >= 0.3 is 0 Å². The van der Waals surface area contributed by atoms with Crippen molar-refractivity contribution >= 4 is 17.7 Å². The lowest BCUT2D eigenvalue weighted by Gasteiger charge is -2.39. The highest BCUT2D eigenvalue weighted by Crippen LogP contribution is 2.27. The second-order valence-corrected chi connectivity index (χ2v) is 7.42. The second-order valence-electron chi connectivity index (χ2n) is 6.54. The molecule has 1 fully saturated rings. The first-order valence-electron chi connectivity index (χ1n) is 8.77. The molecule has 0 aliphatic carbocycles. The van der Waals surface area contributed by atoms with Crippen LogP contribution in [0.4, 0.5) is 0 Å². The third-order valence-corrected chi connectivity index (χ3v) is 5.69. The van der Waals surface area contributed by atoms with Crippen molar-refractivity contribution in [3.63, 3.8) is 0 Å². The molecule has 0 saturated carbocycles. The average molecular weight is 358 g/mol. The number of imidazole rings is 1. The molecule has 1 N–H and O–H groups in total. The molecule has 5 nitrogen and oxygen atoms in total. The molecule has 25 heavy (non-hydrogen) atoms. The van der Waals surface area contributed by atoms with Gasteiger partial charge in [-0.1, -0.05) is 19.1 Å². The molecule has 2 atom stereocenters. The fourth-order valence-electron chi connectivity index (χ4n) is 3.35. The Balaban J connectivity index is 1.62. The molecule has 134 valence electrons. The third kappa shape index (κ3) is 4.37. The average Bonchev–Trinajstić information content (AvgIpc) is 3.18. The quantitative estimate of drug-likeness (QED) is 0.518. The van der Waals surface area contributed by atoms with Gasteiger partial charge in [0.15, 0.2) is 5.96 Å². The number of benzene rings is 1. The van der Waals surface area contributed by atoms with Gasteiger partial charge in [0.25, 0.3) is 0 Å². The van der Waals surface area contributed by atoms with Crippen LogP contribution in [0.1, 0.15) is 24.9 Å². The largest absolute Gasteiger partial charge is 0.352 e. The molecule has 0 bridgehead atoms. The van der Waals surface area contributed by atoms with Crippen LogP contribution in [0.5, 0.6) is 0 Å². The van der Waals surface area contributed by atoms with Crippen LogP contribution in [0.15, 0.2) is 52.9 Å². The summed E-state index contributed by atoms with van der Waals surface area (Å²) in [5.74, 6) is 1.62. The fourth-order valence-corrected chi connectivity index (χ4v) is 3.76. The first-order valence-corrected chi connectivity index (χ1v) is 9.99. The molecule has 1 aliphatic heterocycles. The minimum Gasteiger partial charge on any atom is -0.352 e. The van der Waals surface area contributed by atoms with Gasteiger partial charge < -0.3 is 14.8 Å². The van der Waals surface area contributed by atoms with Crippen LogP contribution >= 0.6 is 11.8 Å². The summed E-state index contributed by atoms with van der Waals surface area (Å²) in [6.07, 6.45) is 9.11. The van der Waals surface area contributed by atoms with Crippen molar-refractivity contribution in [2.45, 2.75) is 30.8 Å². The summed E-state index contributed by atoms with van der Waals surface area (Å²) < 4.78 is 2.23. The molecule has 2 aromatic rings. The first-order chi connectivity index (χ1) is 12.2. The SMILES string of the molecule is CN=C(NCc1ccc(SC)cc1)N1CCC(C)C(n2ccnc2)C1. The van der Waals surface area contributed by atoms with Crippen LogP contribution in [-0.2, 0) is 6.54 Å². The highest BCUT2D eigenvalue weighted by molar-refractivity contribution is 7.98. The van der Waals surface area contributed by atoms with Crippen molar-refractivity contribution in [2.75, 3.05) is 26.4 Å². The number of nitrogens with zero attached hydrogens (tertiary/aromatic N) is 4. The predicted octanol–water partition coefficient (Wildman–Crippen LogP) is 3.26. The van der Waals surface area contributed by atoms with Crippen LogP contribution in [0, 0.1) is 5.92 Å². The molecule has 0 spiro atoms. The Morgan fingerprint density at radius 3 is 2.80 bits per heavy atom. The van der Waals surface area contributed by atoms with Gasteiger partial charge in [0.2, 0.25) is 0 Å². The van der Waals surface area contributed by atoms with Crippen LogP contribution < -0.4 is 5.32 Å². The van der Waals surface area contributed by atoms with E-state index in [2.05, 4.69) is 68.4 Å². The standard InChI is InChI=1S/C19H27N5S/c1-15-8-10-23(13-18(15)24-11-9-21-14-24)19(20-2)22-12-16-4-6-17(25-3)7-5-16/h4-7,9,11,14-15,18H,8,10,12-13H2,1-3H3,(H,20,22). The first kappa shape index (κ1) is 17.9. The Labute approximate surface area is 154 Å². The van der Waals surface area contributed by atoms with E-state index in [9.17, 15) is 0 Å². The number of hydrogen-bond donors (Lipinski definition) is 1. The van der Waals surface area contributed by atoms with E-state index in [4.69, 9.17) is 0 Å². The predicted molar refractivity (Wildman–Crippen MR) is 105 cm³/mol. The molecule has 1 saturated heterocycles. The Hall–Kier alpha value is -1.95. The number of rotatable bonds is 4. The van der Waals surface area contributed by atoms with Crippen LogP contribution in [0.2, 0.25) is 0 Å².